The van der Waals surface area contributed by atoms with E-state index in [9.17, 15) is 4.79 Å². The largest absolute Gasteiger partial charge is 0.465 e. The Labute approximate surface area is 144 Å². The van der Waals surface area contributed by atoms with Crippen molar-refractivity contribution in [3.63, 3.8) is 0 Å². The van der Waals surface area contributed by atoms with Crippen LogP contribution in [0.3, 0.4) is 0 Å². The van der Waals surface area contributed by atoms with Crippen LogP contribution >= 0.6 is 31.9 Å². The third-order valence-electron chi connectivity index (χ3n) is 3.42. The lowest BCUT2D eigenvalue weighted by atomic mass is 10.0. The van der Waals surface area contributed by atoms with Gasteiger partial charge in [-0.3, -0.25) is 0 Å². The molecule has 0 saturated heterocycles. The summed E-state index contributed by atoms with van der Waals surface area (Å²) < 4.78 is 11.6. The van der Waals surface area contributed by atoms with E-state index >= 15 is 0 Å². The number of methoxy groups -OCH3 is 1. The molecular weight excluding hydrogens is 412 g/mol. The van der Waals surface area contributed by atoms with Gasteiger partial charge in [0.25, 0.3) is 0 Å². The van der Waals surface area contributed by atoms with Crippen molar-refractivity contribution < 1.29 is 13.9 Å². The third kappa shape index (κ3) is 2.59. The first-order chi connectivity index (χ1) is 10.7. The molecule has 0 aliphatic carbocycles. The fourth-order valence-corrected chi connectivity index (χ4v) is 3.29. The minimum Gasteiger partial charge on any atom is -0.465 e. The van der Waals surface area contributed by atoms with Gasteiger partial charge in [-0.15, -0.1) is 0 Å². The Hall–Kier alpha value is -1.59. The van der Waals surface area contributed by atoms with E-state index in [-0.39, 0.29) is 5.97 Å². The summed E-state index contributed by atoms with van der Waals surface area (Å²) in [6, 6.07) is 13.2. The van der Waals surface area contributed by atoms with Gasteiger partial charge in [-0.05, 0) is 39.7 Å². The smallest absolute Gasteiger partial charge is 0.338 e. The van der Waals surface area contributed by atoms with Crippen molar-refractivity contribution in [2.75, 3.05) is 7.11 Å². The standard InChI is InChI=1S/C17H12Br2O3/c1-21-17(20)12-5-3-2-4-11(12)16-15(19)13-8-10(9-18)6-7-14(13)22-16/h2-8H,9H2,1H3. The monoisotopic (exact) mass is 422 g/mol. The Morgan fingerprint density at radius 2 is 2.00 bits per heavy atom. The van der Waals surface area contributed by atoms with Crippen LogP contribution < -0.4 is 0 Å². The number of halogens is 2. The summed E-state index contributed by atoms with van der Waals surface area (Å²) in [5.41, 5.74) is 3.11. The number of ether oxygens (including phenoxy) is 1. The molecule has 3 nitrogen and oxygen atoms in total. The Bertz CT molecular complexity index is 852. The topological polar surface area (TPSA) is 39.4 Å². The zero-order valence-electron chi connectivity index (χ0n) is 11.7. The predicted octanol–water partition coefficient (Wildman–Crippen LogP) is 5.54. The van der Waals surface area contributed by atoms with Crippen molar-refractivity contribution in [2.45, 2.75) is 5.33 Å². The molecule has 0 spiro atoms. The van der Waals surface area contributed by atoms with Crippen molar-refractivity contribution in [1.29, 1.82) is 0 Å². The summed E-state index contributed by atoms with van der Waals surface area (Å²) in [7, 11) is 1.37. The van der Waals surface area contributed by atoms with Crippen LogP contribution in [-0.2, 0) is 10.1 Å². The van der Waals surface area contributed by atoms with Crippen molar-refractivity contribution in [2.24, 2.45) is 0 Å². The highest BCUT2D eigenvalue weighted by Crippen LogP contribution is 2.39. The fraction of sp³-hybridized carbons (Fsp3) is 0.118. The Morgan fingerprint density at radius 3 is 2.73 bits per heavy atom. The van der Waals surface area contributed by atoms with Crippen LogP contribution in [0.4, 0.5) is 0 Å². The number of carbonyl (C=O) groups excluding carboxylic acids is 1. The lowest BCUT2D eigenvalue weighted by Crippen LogP contribution is -2.03. The van der Waals surface area contributed by atoms with Crippen molar-refractivity contribution in [3.8, 4) is 11.3 Å². The highest BCUT2D eigenvalue weighted by Gasteiger charge is 2.20. The molecule has 0 amide bonds. The third-order valence-corrected chi connectivity index (χ3v) is 4.86. The first-order valence-corrected chi connectivity index (χ1v) is 8.51. The van der Waals surface area contributed by atoms with E-state index in [2.05, 4.69) is 37.9 Å². The van der Waals surface area contributed by atoms with E-state index in [0.29, 0.717) is 16.9 Å². The molecular formula is C17H12Br2O3. The van der Waals surface area contributed by atoms with Gasteiger partial charge in [0.05, 0.1) is 17.1 Å². The number of hydrogen-bond acceptors (Lipinski definition) is 3. The zero-order chi connectivity index (χ0) is 15.7. The minimum atomic E-state index is -0.385. The van der Waals surface area contributed by atoms with E-state index in [1.165, 1.54) is 7.11 Å². The van der Waals surface area contributed by atoms with E-state index < -0.39 is 0 Å². The summed E-state index contributed by atoms with van der Waals surface area (Å²) in [5, 5.41) is 1.75. The maximum Gasteiger partial charge on any atom is 0.338 e. The molecule has 1 aromatic heterocycles. The second-order valence-corrected chi connectivity index (χ2v) is 6.10. The predicted molar refractivity (Wildman–Crippen MR) is 93.3 cm³/mol. The van der Waals surface area contributed by atoms with Gasteiger partial charge in [0, 0.05) is 16.3 Å². The molecule has 0 unspecified atom stereocenters. The first-order valence-electron chi connectivity index (χ1n) is 6.60. The normalized spacial score (nSPS) is 10.9. The molecule has 0 radical (unpaired) electrons. The van der Waals surface area contributed by atoms with Crippen LogP contribution in [0.2, 0.25) is 0 Å². The molecule has 1 heterocycles. The van der Waals surface area contributed by atoms with Gasteiger partial charge >= 0.3 is 5.97 Å². The average Bonchev–Trinajstić information content (AvgIpc) is 2.90. The molecule has 3 aromatic rings. The van der Waals surface area contributed by atoms with Gasteiger partial charge in [-0.25, -0.2) is 4.79 Å². The SMILES string of the molecule is COC(=O)c1ccccc1-c1oc2ccc(CBr)cc2c1Br. The lowest BCUT2D eigenvalue weighted by molar-refractivity contribution is 0.0601. The number of fused-ring (bicyclic) bond motifs is 1. The number of carbonyl (C=O) groups is 1. The van der Waals surface area contributed by atoms with Crippen molar-refractivity contribution in [3.05, 3.63) is 58.1 Å². The second-order valence-electron chi connectivity index (χ2n) is 4.75. The molecule has 3 rings (SSSR count). The van der Waals surface area contributed by atoms with E-state index in [0.717, 1.165) is 26.3 Å². The zero-order valence-corrected chi connectivity index (χ0v) is 14.9. The summed E-state index contributed by atoms with van der Waals surface area (Å²) in [6.07, 6.45) is 0. The molecule has 0 saturated carbocycles. The van der Waals surface area contributed by atoms with Gasteiger partial charge in [-0.1, -0.05) is 40.2 Å². The van der Waals surface area contributed by atoms with Crippen LogP contribution in [-0.4, -0.2) is 13.1 Å². The van der Waals surface area contributed by atoms with Gasteiger partial charge in [-0.2, -0.15) is 0 Å². The van der Waals surface area contributed by atoms with Crippen LogP contribution in [0.5, 0.6) is 0 Å². The number of benzene rings is 2. The van der Waals surface area contributed by atoms with E-state index in [1.807, 2.05) is 24.3 Å². The van der Waals surface area contributed by atoms with E-state index in [1.54, 1.807) is 12.1 Å². The summed E-state index contributed by atoms with van der Waals surface area (Å²) in [4.78, 5) is 11.9. The van der Waals surface area contributed by atoms with Crippen molar-refractivity contribution >= 4 is 48.8 Å². The molecule has 0 fully saturated rings. The van der Waals surface area contributed by atoms with Gasteiger partial charge in [0.15, 0.2) is 0 Å². The Balaban J connectivity index is 2.23. The average molecular weight is 424 g/mol. The molecule has 2 aromatic carbocycles. The fourth-order valence-electron chi connectivity index (χ4n) is 2.34. The highest BCUT2D eigenvalue weighted by atomic mass is 79.9. The van der Waals surface area contributed by atoms with Gasteiger partial charge < -0.3 is 9.15 Å². The van der Waals surface area contributed by atoms with Gasteiger partial charge in [0.2, 0.25) is 0 Å². The molecule has 0 aliphatic rings. The van der Waals surface area contributed by atoms with E-state index in [4.69, 9.17) is 9.15 Å². The molecule has 0 aliphatic heterocycles. The Morgan fingerprint density at radius 1 is 1.23 bits per heavy atom. The maximum absolute atomic E-state index is 11.9. The second kappa shape index (κ2) is 6.26. The number of hydrogen-bond donors (Lipinski definition) is 0. The van der Waals surface area contributed by atoms with Gasteiger partial charge in [0.1, 0.15) is 11.3 Å². The first kappa shape index (κ1) is 15.3. The number of furan rings is 1. The number of esters is 1. The highest BCUT2D eigenvalue weighted by molar-refractivity contribution is 9.10. The number of alkyl halides is 1. The lowest BCUT2D eigenvalue weighted by Gasteiger charge is -2.05. The molecule has 0 atom stereocenters. The van der Waals surface area contributed by atoms with Crippen LogP contribution in [0.1, 0.15) is 15.9 Å². The maximum atomic E-state index is 11.9. The summed E-state index contributed by atoms with van der Waals surface area (Å²) in [6.45, 7) is 0. The van der Waals surface area contributed by atoms with Crippen LogP contribution in [0.25, 0.3) is 22.3 Å². The molecule has 0 N–H and O–H groups in total. The molecule has 0 bridgehead atoms. The molecule has 5 heteroatoms. The van der Waals surface area contributed by atoms with Crippen molar-refractivity contribution in [1.82, 2.24) is 0 Å². The molecule has 22 heavy (non-hydrogen) atoms. The summed E-state index contributed by atoms with van der Waals surface area (Å²) in [5.74, 6) is 0.242. The van der Waals surface area contributed by atoms with Crippen LogP contribution in [0, 0.1) is 0 Å². The number of rotatable bonds is 3. The minimum absolute atomic E-state index is 0.385. The quantitative estimate of drug-likeness (QED) is 0.409. The summed E-state index contributed by atoms with van der Waals surface area (Å²) >= 11 is 7.05. The Kier molecular flexibility index (Phi) is 4.36. The molecule has 112 valence electrons. The van der Waals surface area contributed by atoms with Crippen LogP contribution in [0.15, 0.2) is 51.4 Å².